The topological polar surface area (TPSA) is 26.3 Å². The molecule has 1 aliphatic rings. The zero-order chi connectivity index (χ0) is 12.8. The van der Waals surface area contributed by atoms with Gasteiger partial charge in [0.25, 0.3) is 0 Å². The summed E-state index contributed by atoms with van der Waals surface area (Å²) in [7, 11) is 0. The van der Waals surface area contributed by atoms with Crippen molar-refractivity contribution >= 4 is 21.7 Å². The Balaban J connectivity index is 1.91. The van der Waals surface area contributed by atoms with Gasteiger partial charge in [-0.2, -0.15) is 0 Å². The molecule has 0 saturated heterocycles. The van der Waals surface area contributed by atoms with E-state index in [2.05, 4.69) is 28.1 Å². The lowest BCUT2D eigenvalue weighted by Gasteiger charge is -2.20. The fourth-order valence-electron chi connectivity index (χ4n) is 2.43. The second-order valence-corrected chi connectivity index (χ2v) is 5.59. The third-order valence-corrected chi connectivity index (χ3v) is 3.76. The molecule has 98 valence electrons. The fraction of sp³-hybridized carbons (Fsp3) is 0.533. The molecule has 0 bridgehead atoms. The SMILES string of the molecule is O=C1CCCCC1Cc1ccc(OCCBr)cc1. The van der Waals surface area contributed by atoms with Crippen molar-refractivity contribution in [2.45, 2.75) is 32.1 Å². The van der Waals surface area contributed by atoms with E-state index in [1.807, 2.05) is 12.1 Å². The minimum absolute atomic E-state index is 0.244. The predicted octanol–water partition coefficient (Wildman–Crippen LogP) is 3.76. The maximum absolute atomic E-state index is 11.8. The summed E-state index contributed by atoms with van der Waals surface area (Å²) in [5.41, 5.74) is 1.24. The molecule has 0 amide bonds. The Morgan fingerprint density at radius 3 is 2.67 bits per heavy atom. The van der Waals surface area contributed by atoms with Crippen molar-refractivity contribution in [1.29, 1.82) is 0 Å². The molecule has 2 nitrogen and oxygen atoms in total. The number of ether oxygens (including phenoxy) is 1. The molecule has 0 aliphatic heterocycles. The third-order valence-electron chi connectivity index (χ3n) is 3.43. The van der Waals surface area contributed by atoms with Crippen LogP contribution in [0.2, 0.25) is 0 Å². The van der Waals surface area contributed by atoms with Gasteiger partial charge in [-0.05, 0) is 37.0 Å². The Labute approximate surface area is 117 Å². The highest BCUT2D eigenvalue weighted by atomic mass is 79.9. The molecule has 1 aliphatic carbocycles. The number of hydrogen-bond acceptors (Lipinski definition) is 2. The van der Waals surface area contributed by atoms with Gasteiger partial charge in [0, 0.05) is 17.7 Å². The van der Waals surface area contributed by atoms with Gasteiger partial charge in [0.15, 0.2) is 0 Å². The van der Waals surface area contributed by atoms with Crippen LogP contribution in [0.5, 0.6) is 5.75 Å². The molecule has 1 aromatic carbocycles. The zero-order valence-corrected chi connectivity index (χ0v) is 12.1. The van der Waals surface area contributed by atoms with Crippen LogP contribution in [-0.2, 0) is 11.2 Å². The van der Waals surface area contributed by atoms with Gasteiger partial charge in [0.05, 0.1) is 6.61 Å². The molecule has 18 heavy (non-hydrogen) atoms. The van der Waals surface area contributed by atoms with Crippen molar-refractivity contribution in [3.8, 4) is 5.75 Å². The van der Waals surface area contributed by atoms with E-state index in [9.17, 15) is 4.79 Å². The molecule has 3 heteroatoms. The van der Waals surface area contributed by atoms with E-state index in [0.29, 0.717) is 12.4 Å². The van der Waals surface area contributed by atoms with Gasteiger partial charge in [0.1, 0.15) is 11.5 Å². The first-order valence-electron chi connectivity index (χ1n) is 6.60. The molecule has 2 rings (SSSR count). The summed E-state index contributed by atoms with van der Waals surface area (Å²) >= 11 is 3.33. The van der Waals surface area contributed by atoms with Gasteiger partial charge in [0.2, 0.25) is 0 Å². The van der Waals surface area contributed by atoms with Crippen LogP contribution >= 0.6 is 15.9 Å². The second kappa shape index (κ2) is 6.93. The van der Waals surface area contributed by atoms with Crippen molar-refractivity contribution in [1.82, 2.24) is 0 Å². The van der Waals surface area contributed by atoms with E-state index in [1.54, 1.807) is 0 Å². The van der Waals surface area contributed by atoms with Crippen LogP contribution in [0.25, 0.3) is 0 Å². The van der Waals surface area contributed by atoms with Gasteiger partial charge in [-0.1, -0.05) is 34.5 Å². The average molecular weight is 311 g/mol. The van der Waals surface area contributed by atoms with E-state index in [1.165, 1.54) is 12.0 Å². The molecule has 0 heterocycles. The summed E-state index contributed by atoms with van der Waals surface area (Å²) in [6.07, 6.45) is 4.99. The standard InChI is InChI=1S/C15H19BrO2/c16-9-10-18-14-7-5-12(6-8-14)11-13-3-1-2-4-15(13)17/h5-8,13H,1-4,9-11H2. The van der Waals surface area contributed by atoms with Crippen LogP contribution in [0, 0.1) is 5.92 Å². The number of carbonyl (C=O) groups is 1. The lowest BCUT2D eigenvalue weighted by atomic mass is 9.84. The van der Waals surface area contributed by atoms with Crippen molar-refractivity contribution in [2.75, 3.05) is 11.9 Å². The zero-order valence-electron chi connectivity index (χ0n) is 10.5. The van der Waals surface area contributed by atoms with Gasteiger partial charge < -0.3 is 4.74 Å². The van der Waals surface area contributed by atoms with E-state index < -0.39 is 0 Å². The Kier molecular flexibility index (Phi) is 5.24. The normalized spacial score (nSPS) is 19.8. The molecule has 1 fully saturated rings. The third kappa shape index (κ3) is 3.84. The van der Waals surface area contributed by atoms with Crippen molar-refractivity contribution in [2.24, 2.45) is 5.92 Å². The monoisotopic (exact) mass is 310 g/mol. The molecule has 1 unspecified atom stereocenters. The fourth-order valence-corrected chi connectivity index (χ4v) is 2.60. The summed E-state index contributed by atoms with van der Waals surface area (Å²) < 4.78 is 5.51. The number of halogens is 1. The van der Waals surface area contributed by atoms with Crippen LogP contribution in [0.4, 0.5) is 0 Å². The smallest absolute Gasteiger partial charge is 0.136 e. The molecule has 1 aromatic rings. The Hall–Kier alpha value is -0.830. The Morgan fingerprint density at radius 2 is 2.00 bits per heavy atom. The van der Waals surface area contributed by atoms with Gasteiger partial charge in [-0.15, -0.1) is 0 Å². The summed E-state index contributed by atoms with van der Waals surface area (Å²) in [4.78, 5) is 11.8. The maximum Gasteiger partial charge on any atom is 0.136 e. The number of carbonyl (C=O) groups excluding carboxylic acids is 1. The highest BCUT2D eigenvalue weighted by Gasteiger charge is 2.22. The number of Topliss-reactive ketones (excluding diaryl/α,β-unsaturated/α-hetero) is 1. The van der Waals surface area contributed by atoms with Crippen LogP contribution in [-0.4, -0.2) is 17.7 Å². The Morgan fingerprint density at radius 1 is 1.22 bits per heavy atom. The van der Waals surface area contributed by atoms with E-state index in [-0.39, 0.29) is 5.92 Å². The van der Waals surface area contributed by atoms with Gasteiger partial charge in [-0.25, -0.2) is 0 Å². The molecular weight excluding hydrogens is 292 g/mol. The molecule has 0 radical (unpaired) electrons. The molecule has 0 spiro atoms. The molecule has 0 aromatic heterocycles. The minimum Gasteiger partial charge on any atom is -0.493 e. The first kappa shape index (κ1) is 13.6. The number of ketones is 1. The van der Waals surface area contributed by atoms with Crippen LogP contribution in [0.3, 0.4) is 0 Å². The van der Waals surface area contributed by atoms with E-state index in [4.69, 9.17) is 4.74 Å². The lowest BCUT2D eigenvalue weighted by molar-refractivity contribution is -0.124. The number of alkyl halides is 1. The number of rotatable bonds is 5. The van der Waals surface area contributed by atoms with E-state index >= 15 is 0 Å². The summed E-state index contributed by atoms with van der Waals surface area (Å²) in [5.74, 6) is 1.59. The molecule has 1 saturated carbocycles. The average Bonchev–Trinajstić information content (AvgIpc) is 2.41. The molecule has 1 atom stereocenters. The first-order valence-corrected chi connectivity index (χ1v) is 7.72. The highest BCUT2D eigenvalue weighted by Crippen LogP contribution is 2.25. The number of hydrogen-bond donors (Lipinski definition) is 0. The lowest BCUT2D eigenvalue weighted by Crippen LogP contribution is -2.20. The molecular formula is C15H19BrO2. The number of benzene rings is 1. The largest absolute Gasteiger partial charge is 0.493 e. The van der Waals surface area contributed by atoms with Crippen LogP contribution in [0.1, 0.15) is 31.2 Å². The summed E-state index contributed by atoms with van der Waals surface area (Å²) in [5, 5.41) is 0.839. The molecule has 0 N–H and O–H groups in total. The quantitative estimate of drug-likeness (QED) is 0.774. The minimum atomic E-state index is 0.244. The van der Waals surface area contributed by atoms with Crippen LogP contribution in [0.15, 0.2) is 24.3 Å². The van der Waals surface area contributed by atoms with Crippen molar-refractivity contribution < 1.29 is 9.53 Å². The summed E-state index contributed by atoms with van der Waals surface area (Å²) in [6.45, 7) is 0.681. The second-order valence-electron chi connectivity index (χ2n) is 4.79. The van der Waals surface area contributed by atoms with Crippen LogP contribution < -0.4 is 4.74 Å². The van der Waals surface area contributed by atoms with E-state index in [0.717, 1.165) is 36.8 Å². The van der Waals surface area contributed by atoms with Crippen molar-refractivity contribution in [3.05, 3.63) is 29.8 Å². The first-order chi connectivity index (χ1) is 8.79. The Bertz CT molecular complexity index is 386. The maximum atomic E-state index is 11.8. The van der Waals surface area contributed by atoms with Crippen molar-refractivity contribution in [3.63, 3.8) is 0 Å². The predicted molar refractivity (Wildman–Crippen MR) is 76.4 cm³/mol. The summed E-state index contributed by atoms with van der Waals surface area (Å²) in [6, 6.07) is 8.13. The highest BCUT2D eigenvalue weighted by molar-refractivity contribution is 9.09. The van der Waals surface area contributed by atoms with Gasteiger partial charge >= 0.3 is 0 Å². The van der Waals surface area contributed by atoms with Gasteiger partial charge in [-0.3, -0.25) is 4.79 Å².